The fraction of sp³-hybridized carbons (Fsp3) is 0.304. The highest BCUT2D eigenvalue weighted by Gasteiger charge is 2.44. The summed E-state index contributed by atoms with van der Waals surface area (Å²) >= 11 is 0. The molecule has 9 nitrogen and oxygen atoms in total. The molecule has 4 rings (SSSR count). The third-order valence-electron chi connectivity index (χ3n) is 5.72. The topological polar surface area (TPSA) is 130 Å². The summed E-state index contributed by atoms with van der Waals surface area (Å²) in [5.74, 6) is -2.53. The van der Waals surface area contributed by atoms with Gasteiger partial charge in [-0.2, -0.15) is 0 Å². The van der Waals surface area contributed by atoms with Crippen molar-refractivity contribution in [2.45, 2.75) is 50.0 Å². The third kappa shape index (κ3) is 4.13. The van der Waals surface area contributed by atoms with Crippen LogP contribution in [0.15, 0.2) is 47.4 Å². The Morgan fingerprint density at radius 2 is 1.58 bits per heavy atom. The summed E-state index contributed by atoms with van der Waals surface area (Å²) < 4.78 is 28.1. The minimum absolute atomic E-state index is 0.00650. The van der Waals surface area contributed by atoms with Crippen molar-refractivity contribution in [3.63, 3.8) is 0 Å². The molecule has 2 aromatic rings. The van der Waals surface area contributed by atoms with Gasteiger partial charge in [0.2, 0.25) is 11.8 Å². The minimum atomic E-state index is -3.93. The second-order valence-corrected chi connectivity index (χ2v) is 10.8. The van der Waals surface area contributed by atoms with Crippen LogP contribution in [0, 0.1) is 0 Å². The van der Waals surface area contributed by atoms with Crippen LogP contribution in [-0.4, -0.2) is 43.0 Å². The number of hydrogen-bond donors (Lipinski definition) is 2. The molecule has 0 saturated carbocycles. The zero-order valence-corrected chi connectivity index (χ0v) is 19.2. The monoisotopic (exact) mass is 469 g/mol. The van der Waals surface area contributed by atoms with Gasteiger partial charge in [-0.3, -0.25) is 34.1 Å². The first kappa shape index (κ1) is 22.7. The molecule has 2 N–H and O–H groups in total. The van der Waals surface area contributed by atoms with Gasteiger partial charge in [0.05, 0.1) is 16.0 Å². The molecule has 33 heavy (non-hydrogen) atoms. The highest BCUT2D eigenvalue weighted by molar-refractivity contribution is 7.92. The predicted octanol–water partition coefficient (Wildman–Crippen LogP) is 2.19. The van der Waals surface area contributed by atoms with E-state index in [1.54, 1.807) is 12.1 Å². The largest absolute Gasteiger partial charge is 0.295 e. The molecule has 1 unspecified atom stereocenters. The first-order valence-electron chi connectivity index (χ1n) is 10.4. The summed E-state index contributed by atoms with van der Waals surface area (Å²) in [6.45, 7) is 6.07. The molecule has 2 aromatic carbocycles. The number of anilines is 1. The third-order valence-corrected chi connectivity index (χ3v) is 7.12. The lowest BCUT2D eigenvalue weighted by molar-refractivity contribution is -0.136. The van der Waals surface area contributed by atoms with Gasteiger partial charge in [-0.1, -0.05) is 32.9 Å². The molecule has 1 fully saturated rings. The van der Waals surface area contributed by atoms with Crippen LogP contribution in [0.3, 0.4) is 0 Å². The summed E-state index contributed by atoms with van der Waals surface area (Å²) in [6, 6.07) is 9.44. The number of fused-ring (bicyclic) bond motifs is 1. The molecule has 0 radical (unpaired) electrons. The molecule has 10 heteroatoms. The summed E-state index contributed by atoms with van der Waals surface area (Å²) in [5.41, 5.74) is 1.03. The van der Waals surface area contributed by atoms with Gasteiger partial charge in [-0.05, 0) is 47.7 Å². The number of amides is 4. The summed E-state index contributed by atoms with van der Waals surface area (Å²) in [7, 11) is -3.93. The van der Waals surface area contributed by atoms with Crippen LogP contribution in [0.4, 0.5) is 5.69 Å². The molecule has 0 bridgehead atoms. The van der Waals surface area contributed by atoms with Crippen molar-refractivity contribution in [3.8, 4) is 0 Å². The number of benzene rings is 2. The van der Waals surface area contributed by atoms with Crippen molar-refractivity contribution < 1.29 is 27.6 Å². The van der Waals surface area contributed by atoms with Crippen LogP contribution in [0.5, 0.6) is 0 Å². The molecular weight excluding hydrogens is 446 g/mol. The summed E-state index contributed by atoms with van der Waals surface area (Å²) in [4.78, 5) is 50.1. The van der Waals surface area contributed by atoms with E-state index < -0.39 is 39.7 Å². The predicted molar refractivity (Wildman–Crippen MR) is 119 cm³/mol. The van der Waals surface area contributed by atoms with Crippen molar-refractivity contribution in [2.24, 2.45) is 0 Å². The Bertz CT molecular complexity index is 1290. The van der Waals surface area contributed by atoms with E-state index >= 15 is 0 Å². The number of nitrogens with one attached hydrogen (secondary N) is 2. The van der Waals surface area contributed by atoms with Gasteiger partial charge in [0, 0.05) is 12.1 Å². The average molecular weight is 470 g/mol. The lowest BCUT2D eigenvalue weighted by atomic mass is 9.87. The molecule has 0 spiro atoms. The van der Waals surface area contributed by atoms with Gasteiger partial charge in [-0.25, -0.2) is 8.42 Å². The minimum Gasteiger partial charge on any atom is -0.295 e. The van der Waals surface area contributed by atoms with Crippen LogP contribution >= 0.6 is 0 Å². The van der Waals surface area contributed by atoms with Crippen LogP contribution < -0.4 is 10.0 Å². The van der Waals surface area contributed by atoms with E-state index in [1.165, 1.54) is 30.3 Å². The van der Waals surface area contributed by atoms with Crippen LogP contribution in [0.2, 0.25) is 0 Å². The molecule has 172 valence electrons. The summed E-state index contributed by atoms with van der Waals surface area (Å²) in [6.07, 6.45) is 0.0586. The maximum Gasteiger partial charge on any atom is 0.262 e. The lowest BCUT2D eigenvalue weighted by Crippen LogP contribution is -2.54. The van der Waals surface area contributed by atoms with Crippen molar-refractivity contribution >= 4 is 39.3 Å². The van der Waals surface area contributed by atoms with E-state index in [2.05, 4.69) is 10.0 Å². The molecule has 2 heterocycles. The Morgan fingerprint density at radius 1 is 0.939 bits per heavy atom. The van der Waals surface area contributed by atoms with Gasteiger partial charge in [0.15, 0.2) is 0 Å². The van der Waals surface area contributed by atoms with Gasteiger partial charge in [0.25, 0.3) is 21.8 Å². The van der Waals surface area contributed by atoms with Crippen LogP contribution in [0.25, 0.3) is 0 Å². The standard InChI is InChI=1S/C23H23N3O6S/c1-23(2,3)13-4-7-15(8-5-13)33(31,32)25-14-6-9-16-17(12-14)22(30)26(21(16)29)18-10-11-19(27)24-20(18)28/h4-9,12,18,25H,10-11H2,1-3H3,(H,24,27,28). The van der Waals surface area contributed by atoms with E-state index in [-0.39, 0.29) is 40.0 Å². The maximum absolute atomic E-state index is 12.9. The molecular formula is C23H23N3O6S. The van der Waals surface area contributed by atoms with Crippen LogP contribution in [-0.2, 0) is 25.0 Å². The number of nitrogens with zero attached hydrogens (tertiary/aromatic N) is 1. The Labute approximate surface area is 191 Å². The molecule has 1 saturated heterocycles. The number of rotatable bonds is 4. The van der Waals surface area contributed by atoms with Gasteiger partial charge < -0.3 is 0 Å². The molecule has 4 amide bonds. The quantitative estimate of drug-likeness (QED) is 0.661. The lowest BCUT2D eigenvalue weighted by Gasteiger charge is -2.27. The first-order chi connectivity index (χ1) is 15.4. The molecule has 2 aliphatic heterocycles. The van der Waals surface area contributed by atoms with Gasteiger partial charge in [-0.15, -0.1) is 0 Å². The number of carbonyl (C=O) groups excluding carboxylic acids is 4. The highest BCUT2D eigenvalue weighted by atomic mass is 32.2. The number of hydrogen-bond acceptors (Lipinski definition) is 6. The highest BCUT2D eigenvalue weighted by Crippen LogP contribution is 2.30. The zero-order chi connectivity index (χ0) is 24.1. The Hall–Kier alpha value is -3.53. The van der Waals surface area contributed by atoms with Gasteiger partial charge in [0.1, 0.15) is 6.04 Å². The zero-order valence-electron chi connectivity index (χ0n) is 18.3. The fourth-order valence-corrected chi connectivity index (χ4v) is 4.93. The molecule has 0 aromatic heterocycles. The van der Waals surface area contributed by atoms with E-state index in [0.29, 0.717) is 0 Å². The smallest absolute Gasteiger partial charge is 0.262 e. The maximum atomic E-state index is 12.9. The molecule has 0 aliphatic carbocycles. The van der Waals surface area contributed by atoms with Crippen molar-refractivity contribution in [1.82, 2.24) is 10.2 Å². The van der Waals surface area contributed by atoms with Gasteiger partial charge >= 0.3 is 0 Å². The van der Waals surface area contributed by atoms with Crippen molar-refractivity contribution in [1.29, 1.82) is 0 Å². The number of imide groups is 2. The first-order valence-corrected chi connectivity index (χ1v) is 11.9. The molecule has 2 aliphatic rings. The SMILES string of the molecule is CC(C)(C)c1ccc(S(=O)(=O)Nc2ccc3c(c2)C(=O)N(C2CCC(=O)NC2=O)C3=O)cc1. The normalized spacial score (nSPS) is 18.9. The Balaban J connectivity index is 1.58. The number of sulfonamides is 1. The Kier molecular flexibility index (Phi) is 5.36. The van der Waals surface area contributed by atoms with E-state index in [1.807, 2.05) is 20.8 Å². The number of piperidine rings is 1. The van der Waals surface area contributed by atoms with E-state index in [0.717, 1.165) is 10.5 Å². The van der Waals surface area contributed by atoms with E-state index in [4.69, 9.17) is 0 Å². The average Bonchev–Trinajstić information content (AvgIpc) is 2.97. The second-order valence-electron chi connectivity index (χ2n) is 9.09. The summed E-state index contributed by atoms with van der Waals surface area (Å²) in [5, 5.41) is 2.13. The van der Waals surface area contributed by atoms with Crippen molar-refractivity contribution in [2.75, 3.05) is 4.72 Å². The van der Waals surface area contributed by atoms with Crippen molar-refractivity contribution in [3.05, 3.63) is 59.2 Å². The fourth-order valence-electron chi connectivity index (χ4n) is 3.88. The second kappa shape index (κ2) is 7.80. The van der Waals surface area contributed by atoms with E-state index in [9.17, 15) is 27.6 Å². The molecule has 1 atom stereocenters. The number of carbonyl (C=O) groups is 4. The van der Waals surface area contributed by atoms with Crippen LogP contribution in [0.1, 0.15) is 59.9 Å². The Morgan fingerprint density at radius 3 is 2.18 bits per heavy atom.